The number of piperidine rings is 1. The van der Waals surface area contributed by atoms with Crippen LogP contribution in [0.25, 0.3) is 0 Å². The van der Waals surface area contributed by atoms with Crippen LogP contribution in [-0.2, 0) is 4.79 Å². The summed E-state index contributed by atoms with van der Waals surface area (Å²) in [6, 6.07) is 4.28. The topological polar surface area (TPSA) is 45.2 Å². The Kier molecular flexibility index (Phi) is 3.84. The molecule has 1 amide bonds. The Labute approximate surface area is 108 Å². The van der Waals surface area contributed by atoms with Gasteiger partial charge < -0.3 is 10.2 Å². The molecule has 1 unspecified atom stereocenters. The van der Waals surface area contributed by atoms with Gasteiger partial charge in [0.2, 0.25) is 5.91 Å². The second kappa shape index (κ2) is 5.38. The minimum absolute atomic E-state index is 0.164. The molecule has 0 saturated carbocycles. The summed E-state index contributed by atoms with van der Waals surface area (Å²) in [6.07, 6.45) is 3.33. The molecule has 0 radical (unpaired) electrons. The maximum atomic E-state index is 11.7. The average molecular weight is 247 g/mol. The number of aromatic nitrogens is 1. The maximum Gasteiger partial charge on any atom is 0.219 e. The number of rotatable bonds is 2. The van der Waals surface area contributed by atoms with Gasteiger partial charge >= 0.3 is 0 Å². The molecule has 1 aliphatic rings. The zero-order valence-corrected chi connectivity index (χ0v) is 11.4. The first kappa shape index (κ1) is 12.9. The highest BCUT2D eigenvalue weighted by Crippen LogP contribution is 2.32. The first-order valence-electron chi connectivity index (χ1n) is 6.56. The first-order chi connectivity index (χ1) is 8.63. The van der Waals surface area contributed by atoms with Crippen molar-refractivity contribution in [3.63, 3.8) is 0 Å². The smallest absolute Gasteiger partial charge is 0.219 e. The van der Waals surface area contributed by atoms with Gasteiger partial charge in [0.05, 0.1) is 6.04 Å². The summed E-state index contributed by atoms with van der Waals surface area (Å²) in [5, 5.41) is 3.04. The van der Waals surface area contributed by atoms with Crippen molar-refractivity contribution in [1.82, 2.24) is 9.88 Å². The highest BCUT2D eigenvalue weighted by molar-refractivity contribution is 5.74. The molecule has 1 aromatic heterocycles. The number of amides is 1. The summed E-state index contributed by atoms with van der Waals surface area (Å²) >= 11 is 0. The molecule has 2 rings (SSSR count). The summed E-state index contributed by atoms with van der Waals surface area (Å²) in [5.41, 5.74) is 2.20. The van der Waals surface area contributed by atoms with Crippen molar-refractivity contribution in [2.45, 2.75) is 39.2 Å². The van der Waals surface area contributed by atoms with E-state index in [1.807, 2.05) is 24.9 Å². The highest BCUT2D eigenvalue weighted by atomic mass is 16.2. The fourth-order valence-corrected chi connectivity index (χ4v) is 2.70. The fraction of sp³-hybridized carbons (Fsp3) is 0.571. The van der Waals surface area contributed by atoms with Crippen LogP contribution in [0.1, 0.15) is 43.5 Å². The molecule has 2 heterocycles. The Balaban J connectivity index is 2.31. The van der Waals surface area contributed by atoms with Gasteiger partial charge in [-0.05, 0) is 37.8 Å². The van der Waals surface area contributed by atoms with Crippen molar-refractivity contribution in [2.75, 3.05) is 18.9 Å². The second-order valence-corrected chi connectivity index (χ2v) is 4.85. The van der Waals surface area contributed by atoms with Gasteiger partial charge in [-0.2, -0.15) is 0 Å². The third-order valence-corrected chi connectivity index (χ3v) is 3.65. The van der Waals surface area contributed by atoms with E-state index in [0.717, 1.165) is 30.9 Å². The largest absolute Gasteiger partial charge is 0.373 e. The van der Waals surface area contributed by atoms with E-state index in [1.54, 1.807) is 6.92 Å². The van der Waals surface area contributed by atoms with E-state index in [9.17, 15) is 4.79 Å². The molecule has 4 nitrogen and oxygen atoms in total. The molecule has 1 fully saturated rings. The van der Waals surface area contributed by atoms with Gasteiger partial charge in [-0.25, -0.2) is 4.98 Å². The van der Waals surface area contributed by atoms with E-state index in [0.29, 0.717) is 0 Å². The zero-order chi connectivity index (χ0) is 13.1. The first-order valence-corrected chi connectivity index (χ1v) is 6.56. The molecule has 0 bridgehead atoms. The number of likely N-dealkylation sites (tertiary alicyclic amines) is 1. The Morgan fingerprint density at radius 1 is 1.44 bits per heavy atom. The molecule has 1 aromatic rings. The van der Waals surface area contributed by atoms with E-state index in [4.69, 9.17) is 0 Å². The number of carbonyl (C=O) groups excluding carboxylic acids is 1. The third-order valence-electron chi connectivity index (χ3n) is 3.65. The van der Waals surface area contributed by atoms with Crippen LogP contribution >= 0.6 is 0 Å². The summed E-state index contributed by atoms with van der Waals surface area (Å²) in [6.45, 7) is 4.54. The molecule has 98 valence electrons. The van der Waals surface area contributed by atoms with Gasteiger partial charge in [0.1, 0.15) is 5.82 Å². The summed E-state index contributed by atoms with van der Waals surface area (Å²) in [4.78, 5) is 18.2. The Hall–Kier alpha value is -1.58. The Morgan fingerprint density at radius 2 is 2.22 bits per heavy atom. The van der Waals surface area contributed by atoms with Crippen molar-refractivity contribution < 1.29 is 4.79 Å². The summed E-state index contributed by atoms with van der Waals surface area (Å²) in [5.74, 6) is 1.04. The van der Waals surface area contributed by atoms with Gasteiger partial charge in [0, 0.05) is 26.2 Å². The summed E-state index contributed by atoms with van der Waals surface area (Å²) in [7, 11) is 1.87. The van der Waals surface area contributed by atoms with Gasteiger partial charge in [-0.15, -0.1) is 0 Å². The van der Waals surface area contributed by atoms with Crippen molar-refractivity contribution in [1.29, 1.82) is 0 Å². The van der Waals surface area contributed by atoms with Gasteiger partial charge in [0.15, 0.2) is 0 Å². The van der Waals surface area contributed by atoms with Crippen LogP contribution in [-0.4, -0.2) is 29.4 Å². The van der Waals surface area contributed by atoms with E-state index < -0.39 is 0 Å². The normalized spacial score (nSPS) is 19.7. The average Bonchev–Trinajstić information content (AvgIpc) is 2.38. The van der Waals surface area contributed by atoms with Crippen LogP contribution in [0.5, 0.6) is 0 Å². The predicted octanol–water partition coefficient (Wildman–Crippen LogP) is 2.51. The van der Waals surface area contributed by atoms with Crippen molar-refractivity contribution in [3.8, 4) is 0 Å². The van der Waals surface area contributed by atoms with Gasteiger partial charge in [0.25, 0.3) is 0 Å². The van der Waals surface area contributed by atoms with Crippen LogP contribution in [0, 0.1) is 6.92 Å². The second-order valence-electron chi connectivity index (χ2n) is 4.85. The van der Waals surface area contributed by atoms with Crippen molar-refractivity contribution in [2.24, 2.45) is 0 Å². The number of hydrogen-bond acceptors (Lipinski definition) is 3. The number of hydrogen-bond donors (Lipinski definition) is 1. The summed E-state index contributed by atoms with van der Waals surface area (Å²) < 4.78 is 0. The molecule has 0 aliphatic carbocycles. The molecule has 4 heteroatoms. The molecule has 1 N–H and O–H groups in total. The number of nitrogens with one attached hydrogen (secondary N) is 1. The molecule has 0 spiro atoms. The van der Waals surface area contributed by atoms with Crippen LogP contribution < -0.4 is 5.32 Å². The van der Waals surface area contributed by atoms with Crippen molar-refractivity contribution >= 4 is 11.7 Å². The zero-order valence-electron chi connectivity index (χ0n) is 11.4. The number of pyridine rings is 1. The molecule has 1 atom stereocenters. The SMILES string of the molecule is CNc1ccc(C2CCCCN2C(C)=O)c(C)n1. The standard InChI is InChI=1S/C14H21N3O/c1-10-12(7-8-14(15-3)16-10)13-6-4-5-9-17(13)11(2)18/h7-8,13H,4-6,9H2,1-3H3,(H,15,16). The molecular weight excluding hydrogens is 226 g/mol. The van der Waals surface area contributed by atoms with Gasteiger partial charge in [-0.1, -0.05) is 6.07 Å². The number of nitrogens with zero attached hydrogens (tertiary/aromatic N) is 2. The Morgan fingerprint density at radius 3 is 2.83 bits per heavy atom. The lowest BCUT2D eigenvalue weighted by molar-refractivity contribution is -0.132. The third kappa shape index (κ3) is 2.47. The number of anilines is 1. The lowest BCUT2D eigenvalue weighted by atomic mass is 9.94. The number of carbonyl (C=O) groups is 1. The molecule has 0 aromatic carbocycles. The molecule has 18 heavy (non-hydrogen) atoms. The van der Waals surface area contributed by atoms with Crippen LogP contribution in [0.2, 0.25) is 0 Å². The predicted molar refractivity (Wildman–Crippen MR) is 72.5 cm³/mol. The van der Waals surface area contributed by atoms with E-state index in [1.165, 1.54) is 12.0 Å². The van der Waals surface area contributed by atoms with Crippen LogP contribution in [0.15, 0.2) is 12.1 Å². The monoisotopic (exact) mass is 247 g/mol. The molecule has 1 saturated heterocycles. The lowest BCUT2D eigenvalue weighted by Crippen LogP contribution is -2.37. The quantitative estimate of drug-likeness (QED) is 0.873. The molecular formula is C14H21N3O. The maximum absolute atomic E-state index is 11.7. The lowest BCUT2D eigenvalue weighted by Gasteiger charge is -2.36. The highest BCUT2D eigenvalue weighted by Gasteiger charge is 2.27. The number of aryl methyl sites for hydroxylation is 1. The van der Waals surface area contributed by atoms with Gasteiger partial charge in [-0.3, -0.25) is 4.79 Å². The van der Waals surface area contributed by atoms with E-state index in [-0.39, 0.29) is 11.9 Å². The van der Waals surface area contributed by atoms with E-state index >= 15 is 0 Å². The van der Waals surface area contributed by atoms with Crippen LogP contribution in [0.4, 0.5) is 5.82 Å². The van der Waals surface area contributed by atoms with Crippen LogP contribution in [0.3, 0.4) is 0 Å². The fourth-order valence-electron chi connectivity index (χ4n) is 2.70. The molecule has 1 aliphatic heterocycles. The van der Waals surface area contributed by atoms with Crippen molar-refractivity contribution in [3.05, 3.63) is 23.4 Å². The minimum Gasteiger partial charge on any atom is -0.373 e. The van der Waals surface area contributed by atoms with E-state index in [2.05, 4.69) is 16.4 Å². The Bertz CT molecular complexity index is 445. The minimum atomic E-state index is 0.164.